The maximum Gasteiger partial charge on any atom is 0.329 e. The van der Waals surface area contributed by atoms with E-state index in [0.717, 1.165) is 17.7 Å². The van der Waals surface area contributed by atoms with Gasteiger partial charge < -0.3 is 16.2 Å². The maximum atomic E-state index is 15.4. The van der Waals surface area contributed by atoms with E-state index in [1.807, 2.05) is 18.4 Å². The van der Waals surface area contributed by atoms with Gasteiger partial charge in [-0.2, -0.15) is 0 Å². The van der Waals surface area contributed by atoms with Crippen LogP contribution in [0.1, 0.15) is 48.2 Å². The van der Waals surface area contributed by atoms with Crippen LogP contribution in [0.25, 0.3) is 11.5 Å². The largest absolute Gasteiger partial charge is 0.498 e. The predicted octanol–water partition coefficient (Wildman–Crippen LogP) is -0.0903. The lowest BCUT2D eigenvalue weighted by Gasteiger charge is -2.27. The Hall–Kier alpha value is -2.39. The molecule has 0 radical (unpaired) electrons. The average molecular weight is 392 g/mol. The lowest BCUT2D eigenvalue weighted by molar-refractivity contribution is 0.285. The van der Waals surface area contributed by atoms with Crippen LogP contribution in [0.3, 0.4) is 0 Å². The number of aromatic amines is 1. The summed E-state index contributed by atoms with van der Waals surface area (Å²) in [6, 6.07) is 1.61. The molecule has 2 aliphatic rings. The molecule has 2 aromatic heterocycles. The van der Waals surface area contributed by atoms with E-state index >= 15 is 4.39 Å². The van der Waals surface area contributed by atoms with Gasteiger partial charge in [-0.1, -0.05) is 0 Å². The fourth-order valence-corrected chi connectivity index (χ4v) is 4.56. The monoisotopic (exact) mass is 392 g/mol. The first-order valence-electron chi connectivity index (χ1n) is 8.75. The van der Waals surface area contributed by atoms with Crippen molar-refractivity contribution in [2.75, 3.05) is 7.11 Å². The van der Waals surface area contributed by atoms with Crippen molar-refractivity contribution in [1.29, 1.82) is 0 Å². The molecule has 2 aliphatic carbocycles. The highest BCUT2D eigenvalue weighted by Crippen LogP contribution is 2.38. The number of nitrogens with one attached hydrogen (secondary N) is 1. The second-order valence-electron chi connectivity index (χ2n) is 7.06. The molecule has 1 fully saturated rings. The molecule has 3 atom stereocenters. The van der Waals surface area contributed by atoms with E-state index in [1.54, 1.807) is 0 Å². The number of nitrogens with zero attached hydrogens (tertiary/aromatic N) is 1. The zero-order chi connectivity index (χ0) is 19.5. The Morgan fingerprint density at radius 1 is 1.41 bits per heavy atom. The Labute approximate surface area is 157 Å². The molecule has 144 valence electrons. The minimum Gasteiger partial charge on any atom is -0.498 e. The van der Waals surface area contributed by atoms with Crippen LogP contribution in [0.2, 0.25) is 0 Å². The number of rotatable bonds is 4. The third-order valence-electron chi connectivity index (χ3n) is 5.12. The van der Waals surface area contributed by atoms with Gasteiger partial charge in [0.25, 0.3) is 5.56 Å². The third-order valence-corrected chi connectivity index (χ3v) is 6.27. The van der Waals surface area contributed by atoms with E-state index < -0.39 is 23.3 Å². The molecule has 0 aliphatic heterocycles. The van der Waals surface area contributed by atoms with Gasteiger partial charge in [-0.05, 0) is 36.8 Å². The predicted molar refractivity (Wildman–Crippen MR) is 101 cm³/mol. The second kappa shape index (κ2) is 6.35. The number of methoxy groups -OCH3 is 1. The van der Waals surface area contributed by atoms with Crippen LogP contribution >= 0.6 is 11.3 Å². The standard InChI is InChI=1S/C18H21FN4O3S/c1-7(20)10-5-8(6-27-10)11-13(19)14(21)12-15(16(11)26-2)23(9-3-4-9)18(25)22-17(12)24/h5-7,9,11,13H,3-4,20-21H2,1-2H3,(H,22,24,25). The van der Waals surface area contributed by atoms with Crippen LogP contribution in [0.15, 0.2) is 21.0 Å². The van der Waals surface area contributed by atoms with Crippen molar-refractivity contribution < 1.29 is 9.13 Å². The van der Waals surface area contributed by atoms with Gasteiger partial charge in [0.1, 0.15) is 5.76 Å². The summed E-state index contributed by atoms with van der Waals surface area (Å²) in [5, 5.41) is 2.10. The summed E-state index contributed by atoms with van der Waals surface area (Å²) >= 11 is 1.43. The van der Waals surface area contributed by atoms with Gasteiger partial charge in [0, 0.05) is 17.0 Å². The summed E-state index contributed by atoms with van der Waals surface area (Å²) in [7, 11) is 1.42. The van der Waals surface area contributed by atoms with Gasteiger partial charge in [0.15, 0.2) is 6.17 Å². The molecule has 0 aromatic carbocycles. The number of thiophene rings is 1. The maximum absolute atomic E-state index is 15.4. The number of hydrogen-bond acceptors (Lipinski definition) is 6. The molecule has 7 nitrogen and oxygen atoms in total. The third kappa shape index (κ3) is 2.72. The second-order valence-corrected chi connectivity index (χ2v) is 8.00. The van der Waals surface area contributed by atoms with Gasteiger partial charge in [0.2, 0.25) is 0 Å². The van der Waals surface area contributed by atoms with Crippen molar-refractivity contribution in [1.82, 2.24) is 9.55 Å². The molecule has 3 unspecified atom stereocenters. The van der Waals surface area contributed by atoms with Gasteiger partial charge in [0.05, 0.1) is 29.3 Å². The van der Waals surface area contributed by atoms with Crippen LogP contribution in [-0.4, -0.2) is 22.8 Å². The number of aromatic nitrogens is 2. The zero-order valence-corrected chi connectivity index (χ0v) is 15.8. The molecule has 0 spiro atoms. The normalized spacial score (nSPS) is 23.3. The molecule has 0 bridgehead atoms. The highest BCUT2D eigenvalue weighted by atomic mass is 32.1. The summed E-state index contributed by atoms with van der Waals surface area (Å²) < 4.78 is 22.4. The highest BCUT2D eigenvalue weighted by Gasteiger charge is 2.38. The van der Waals surface area contributed by atoms with Gasteiger partial charge in [-0.15, -0.1) is 11.3 Å². The number of ether oxygens (including phenoxy) is 1. The Morgan fingerprint density at radius 2 is 2.11 bits per heavy atom. The van der Waals surface area contributed by atoms with Crippen LogP contribution in [0.5, 0.6) is 0 Å². The fraction of sp³-hybridized carbons (Fsp3) is 0.444. The smallest absolute Gasteiger partial charge is 0.329 e. The fourth-order valence-electron chi connectivity index (χ4n) is 3.65. The van der Waals surface area contributed by atoms with Crippen LogP contribution in [0.4, 0.5) is 4.39 Å². The number of H-pyrrole nitrogens is 1. The van der Waals surface area contributed by atoms with Crippen molar-refractivity contribution in [2.24, 2.45) is 11.5 Å². The molecule has 0 saturated heterocycles. The first-order valence-corrected chi connectivity index (χ1v) is 9.63. The van der Waals surface area contributed by atoms with E-state index in [4.69, 9.17) is 16.2 Å². The Bertz CT molecular complexity index is 1140. The van der Waals surface area contributed by atoms with Gasteiger partial charge in [-0.25, -0.2) is 9.18 Å². The lowest BCUT2D eigenvalue weighted by atomic mass is 9.88. The highest BCUT2D eigenvalue weighted by molar-refractivity contribution is 7.10. The first-order chi connectivity index (χ1) is 12.8. The van der Waals surface area contributed by atoms with Gasteiger partial charge in [-0.3, -0.25) is 14.3 Å². The minimum absolute atomic E-state index is 0.00949. The zero-order valence-electron chi connectivity index (χ0n) is 15.0. The molecular weight excluding hydrogens is 371 g/mol. The van der Waals surface area contributed by atoms with Crippen LogP contribution < -0.4 is 33.3 Å². The number of hydrogen-bond donors (Lipinski definition) is 3. The summed E-state index contributed by atoms with van der Waals surface area (Å²) in [5.41, 5.74) is 11.3. The molecule has 4 rings (SSSR count). The number of fused-ring (bicyclic) bond motifs is 1. The molecule has 1 saturated carbocycles. The molecule has 9 heteroatoms. The molecular formula is C18H21FN4O3S. The lowest BCUT2D eigenvalue weighted by Crippen LogP contribution is -2.60. The molecule has 5 N–H and O–H groups in total. The van der Waals surface area contributed by atoms with E-state index in [0.29, 0.717) is 10.9 Å². The molecule has 27 heavy (non-hydrogen) atoms. The first kappa shape index (κ1) is 18.0. The molecule has 2 heterocycles. The Balaban J connectivity index is 2.09. The van der Waals surface area contributed by atoms with Crippen molar-refractivity contribution in [2.45, 2.75) is 43.9 Å². The van der Waals surface area contributed by atoms with Crippen molar-refractivity contribution >= 4 is 22.8 Å². The van der Waals surface area contributed by atoms with Crippen molar-refractivity contribution in [3.05, 3.63) is 53.3 Å². The minimum atomic E-state index is -1.64. The van der Waals surface area contributed by atoms with E-state index in [2.05, 4.69) is 4.98 Å². The van der Waals surface area contributed by atoms with Crippen LogP contribution in [0, 0.1) is 0 Å². The van der Waals surface area contributed by atoms with Crippen molar-refractivity contribution in [3.63, 3.8) is 0 Å². The summed E-state index contributed by atoms with van der Waals surface area (Å²) in [5.74, 6) is -0.590. The van der Waals surface area contributed by atoms with E-state index in [9.17, 15) is 9.59 Å². The number of nitrogens with two attached hydrogens (primary N) is 2. The summed E-state index contributed by atoms with van der Waals surface area (Å²) in [6.07, 6.45) is -0.0206. The molecule has 0 amide bonds. The topological polar surface area (TPSA) is 116 Å². The summed E-state index contributed by atoms with van der Waals surface area (Å²) in [4.78, 5) is 28.0. The van der Waals surface area contributed by atoms with Crippen molar-refractivity contribution in [3.8, 4) is 0 Å². The Morgan fingerprint density at radius 3 is 2.67 bits per heavy atom. The average Bonchev–Trinajstić information content (AvgIpc) is 3.32. The quantitative estimate of drug-likeness (QED) is 0.673. The van der Waals surface area contributed by atoms with E-state index in [-0.39, 0.29) is 28.8 Å². The van der Waals surface area contributed by atoms with Crippen LogP contribution in [-0.2, 0) is 4.74 Å². The number of alkyl halides is 1. The molecule has 2 aromatic rings. The Kier molecular flexibility index (Phi) is 4.23. The summed E-state index contributed by atoms with van der Waals surface area (Å²) in [6.45, 7) is 1.85. The number of halogens is 1. The van der Waals surface area contributed by atoms with Gasteiger partial charge >= 0.3 is 5.69 Å². The van der Waals surface area contributed by atoms with E-state index in [1.165, 1.54) is 23.0 Å². The SMILES string of the molecule is COC1=c2c(c(=O)[nH]c(=O)n2C2CC2)=C(N)C(F)C1c1csc(C(C)N)c1.